The van der Waals surface area contributed by atoms with Crippen LogP contribution in [0.4, 0.5) is 4.79 Å². The van der Waals surface area contributed by atoms with Crippen molar-refractivity contribution in [2.24, 2.45) is 0 Å². The molecule has 2 aromatic rings. The van der Waals surface area contributed by atoms with Crippen LogP contribution in [0, 0.1) is 0 Å². The number of rotatable bonds is 4. The minimum Gasteiger partial charge on any atom is -0.493 e. The van der Waals surface area contributed by atoms with Gasteiger partial charge < -0.3 is 24.3 Å². The van der Waals surface area contributed by atoms with Gasteiger partial charge in [0.25, 0.3) is 0 Å². The predicted octanol–water partition coefficient (Wildman–Crippen LogP) is 2.99. The lowest BCUT2D eigenvalue weighted by Crippen LogP contribution is -2.28. The zero-order valence-electron chi connectivity index (χ0n) is 13.8. The summed E-state index contributed by atoms with van der Waals surface area (Å²) in [7, 11) is 4.71. The SMILES string of the molecule is CNC(=O)OC1Cc2cccc(-c3cccc(OC)c3OC)c2O1. The number of carbonyl (C=O) groups excluding carboxylic acids is 1. The average Bonchev–Trinajstić information content (AvgIpc) is 3.02. The largest absolute Gasteiger partial charge is 0.493 e. The zero-order valence-corrected chi connectivity index (χ0v) is 13.8. The van der Waals surface area contributed by atoms with E-state index in [1.165, 1.54) is 7.05 Å². The Morgan fingerprint density at radius 3 is 2.58 bits per heavy atom. The maximum absolute atomic E-state index is 11.4. The van der Waals surface area contributed by atoms with E-state index >= 15 is 0 Å². The van der Waals surface area contributed by atoms with Crippen LogP contribution in [0.2, 0.25) is 0 Å². The molecule has 0 saturated heterocycles. The highest BCUT2D eigenvalue weighted by atomic mass is 16.7. The summed E-state index contributed by atoms with van der Waals surface area (Å²) in [4.78, 5) is 11.4. The lowest BCUT2D eigenvalue weighted by molar-refractivity contribution is -0.0153. The molecule has 0 spiro atoms. The summed E-state index contributed by atoms with van der Waals surface area (Å²) in [6.45, 7) is 0. The summed E-state index contributed by atoms with van der Waals surface area (Å²) in [6, 6.07) is 11.5. The summed E-state index contributed by atoms with van der Waals surface area (Å²) in [5.74, 6) is 1.97. The molecule has 2 aromatic carbocycles. The number of para-hydroxylation sites is 2. The van der Waals surface area contributed by atoms with E-state index in [1.54, 1.807) is 14.2 Å². The van der Waals surface area contributed by atoms with Crippen molar-refractivity contribution in [3.63, 3.8) is 0 Å². The molecule has 0 aromatic heterocycles. The highest BCUT2D eigenvalue weighted by Gasteiger charge is 2.29. The van der Waals surface area contributed by atoms with E-state index in [2.05, 4.69) is 5.32 Å². The molecule has 0 fully saturated rings. The summed E-state index contributed by atoms with van der Waals surface area (Å²) < 4.78 is 21.9. The third-order valence-electron chi connectivity index (χ3n) is 3.87. The summed E-state index contributed by atoms with van der Waals surface area (Å²) >= 11 is 0. The highest BCUT2D eigenvalue weighted by Crippen LogP contribution is 2.45. The van der Waals surface area contributed by atoms with Gasteiger partial charge in [0.05, 0.1) is 20.6 Å². The van der Waals surface area contributed by atoms with Gasteiger partial charge >= 0.3 is 6.09 Å². The molecule has 0 aliphatic carbocycles. The summed E-state index contributed by atoms with van der Waals surface area (Å²) in [6.07, 6.45) is -0.658. The van der Waals surface area contributed by atoms with E-state index in [0.29, 0.717) is 23.7 Å². The first-order chi connectivity index (χ1) is 11.7. The lowest BCUT2D eigenvalue weighted by Gasteiger charge is -2.16. The van der Waals surface area contributed by atoms with E-state index in [4.69, 9.17) is 18.9 Å². The number of ether oxygens (including phenoxy) is 4. The third-order valence-corrected chi connectivity index (χ3v) is 3.87. The Hall–Kier alpha value is -2.89. The van der Waals surface area contributed by atoms with Crippen molar-refractivity contribution in [2.45, 2.75) is 12.7 Å². The Morgan fingerprint density at radius 2 is 1.88 bits per heavy atom. The summed E-state index contributed by atoms with van der Waals surface area (Å²) in [5.41, 5.74) is 2.70. The monoisotopic (exact) mass is 329 g/mol. The normalized spacial score (nSPS) is 15.2. The molecule has 3 rings (SSSR count). The molecule has 6 nitrogen and oxygen atoms in total. The van der Waals surface area contributed by atoms with Crippen molar-refractivity contribution in [1.29, 1.82) is 0 Å². The molecular weight excluding hydrogens is 310 g/mol. The van der Waals surface area contributed by atoms with E-state index in [-0.39, 0.29) is 0 Å². The van der Waals surface area contributed by atoms with Crippen LogP contribution in [0.15, 0.2) is 36.4 Å². The van der Waals surface area contributed by atoms with Crippen molar-refractivity contribution in [3.05, 3.63) is 42.0 Å². The predicted molar refractivity (Wildman–Crippen MR) is 88.6 cm³/mol. The van der Waals surface area contributed by atoms with Gasteiger partial charge in [-0.15, -0.1) is 0 Å². The molecule has 0 radical (unpaired) electrons. The van der Waals surface area contributed by atoms with Gasteiger partial charge in [-0.3, -0.25) is 0 Å². The fourth-order valence-corrected chi connectivity index (χ4v) is 2.79. The minimum absolute atomic E-state index is 0.503. The molecule has 24 heavy (non-hydrogen) atoms. The smallest absolute Gasteiger partial charge is 0.409 e. The molecule has 1 amide bonds. The van der Waals surface area contributed by atoms with Crippen LogP contribution >= 0.6 is 0 Å². The van der Waals surface area contributed by atoms with Crippen LogP contribution in [0.3, 0.4) is 0 Å². The number of benzene rings is 2. The van der Waals surface area contributed by atoms with Gasteiger partial charge in [0.2, 0.25) is 6.29 Å². The van der Waals surface area contributed by atoms with Crippen LogP contribution < -0.4 is 19.5 Å². The molecule has 1 aliphatic rings. The zero-order chi connectivity index (χ0) is 17.1. The first kappa shape index (κ1) is 16.0. The maximum Gasteiger partial charge on any atom is 0.409 e. The van der Waals surface area contributed by atoms with Crippen LogP contribution in [-0.2, 0) is 11.2 Å². The second kappa shape index (κ2) is 6.70. The van der Waals surface area contributed by atoms with Gasteiger partial charge in [0, 0.05) is 23.7 Å². The molecule has 6 heteroatoms. The summed E-state index contributed by atoms with van der Waals surface area (Å²) in [5, 5.41) is 2.42. The van der Waals surface area contributed by atoms with E-state index in [0.717, 1.165) is 16.7 Å². The number of hydrogen-bond donors (Lipinski definition) is 1. The van der Waals surface area contributed by atoms with Crippen molar-refractivity contribution in [3.8, 4) is 28.4 Å². The fourth-order valence-electron chi connectivity index (χ4n) is 2.79. The first-order valence-electron chi connectivity index (χ1n) is 7.56. The standard InChI is InChI=1S/C18H19NO5/c1-19-18(20)24-15-10-11-6-4-7-12(16(11)23-15)13-8-5-9-14(21-2)17(13)22-3/h4-9,15H,10H2,1-3H3,(H,19,20). The van der Waals surface area contributed by atoms with Gasteiger partial charge in [-0.05, 0) is 6.07 Å². The van der Waals surface area contributed by atoms with Crippen molar-refractivity contribution < 1.29 is 23.7 Å². The molecule has 0 bridgehead atoms. The molecule has 1 atom stereocenters. The second-order valence-electron chi connectivity index (χ2n) is 5.24. The average molecular weight is 329 g/mol. The van der Waals surface area contributed by atoms with Gasteiger partial charge in [0.1, 0.15) is 5.75 Å². The number of nitrogens with one attached hydrogen (secondary N) is 1. The molecular formula is C18H19NO5. The Bertz CT molecular complexity index is 759. The van der Waals surface area contributed by atoms with Gasteiger partial charge in [0.15, 0.2) is 11.5 Å². The molecule has 126 valence electrons. The Balaban J connectivity index is 1.99. The first-order valence-corrected chi connectivity index (χ1v) is 7.56. The number of carbonyl (C=O) groups is 1. The van der Waals surface area contributed by atoms with Crippen LogP contribution in [-0.4, -0.2) is 33.7 Å². The van der Waals surface area contributed by atoms with Gasteiger partial charge in [-0.1, -0.05) is 30.3 Å². The van der Waals surface area contributed by atoms with Crippen molar-refractivity contribution >= 4 is 6.09 Å². The molecule has 1 aliphatic heterocycles. The van der Waals surface area contributed by atoms with Crippen LogP contribution in [0.5, 0.6) is 17.2 Å². The Morgan fingerprint density at radius 1 is 1.12 bits per heavy atom. The van der Waals surface area contributed by atoms with Crippen LogP contribution in [0.25, 0.3) is 11.1 Å². The quantitative estimate of drug-likeness (QED) is 0.934. The van der Waals surface area contributed by atoms with Crippen LogP contribution in [0.1, 0.15) is 5.56 Å². The van der Waals surface area contributed by atoms with E-state index in [9.17, 15) is 4.79 Å². The molecule has 0 saturated carbocycles. The minimum atomic E-state index is -0.641. The number of amides is 1. The molecule has 1 unspecified atom stereocenters. The molecule has 1 heterocycles. The number of alkyl carbamates (subject to hydrolysis) is 1. The van der Waals surface area contributed by atoms with Gasteiger partial charge in [-0.25, -0.2) is 4.79 Å². The fraction of sp³-hybridized carbons (Fsp3) is 0.278. The maximum atomic E-state index is 11.4. The molecule has 1 N–H and O–H groups in total. The van der Waals surface area contributed by atoms with E-state index in [1.807, 2.05) is 36.4 Å². The number of methoxy groups -OCH3 is 2. The Kier molecular flexibility index (Phi) is 4.46. The van der Waals surface area contributed by atoms with Crippen molar-refractivity contribution in [1.82, 2.24) is 5.32 Å². The van der Waals surface area contributed by atoms with Gasteiger partial charge in [-0.2, -0.15) is 0 Å². The third kappa shape index (κ3) is 2.82. The Labute approximate surface area is 140 Å². The van der Waals surface area contributed by atoms with E-state index < -0.39 is 12.4 Å². The number of hydrogen-bond acceptors (Lipinski definition) is 5. The van der Waals surface area contributed by atoms with Crippen molar-refractivity contribution in [2.75, 3.05) is 21.3 Å². The topological polar surface area (TPSA) is 66.0 Å². The number of fused-ring (bicyclic) bond motifs is 1. The second-order valence-corrected chi connectivity index (χ2v) is 5.24. The highest BCUT2D eigenvalue weighted by molar-refractivity contribution is 5.80. The lowest BCUT2D eigenvalue weighted by atomic mass is 10.00.